The molecule has 6 heteroatoms. The number of hydrogen-bond donors (Lipinski definition) is 1. The van der Waals surface area contributed by atoms with Crippen molar-refractivity contribution in [3.8, 4) is 11.5 Å². The normalized spacial score (nSPS) is 12.6. The fourth-order valence-corrected chi connectivity index (χ4v) is 3.17. The zero-order chi connectivity index (χ0) is 15.1. The molecule has 1 N–H and O–H groups in total. The third-order valence-electron chi connectivity index (χ3n) is 3.39. The third kappa shape index (κ3) is 2.27. The summed E-state index contributed by atoms with van der Waals surface area (Å²) in [6.45, 7) is 2.16. The molecular weight excluding hydrogens is 300 g/mol. The molecule has 2 heterocycles. The number of carbonyl (C=O) groups excluding carboxylic acids is 1. The van der Waals surface area contributed by atoms with Crippen molar-refractivity contribution in [1.82, 2.24) is 4.98 Å². The lowest BCUT2D eigenvalue weighted by molar-refractivity contribution is 0.102. The van der Waals surface area contributed by atoms with Crippen LogP contribution in [0, 0.1) is 6.92 Å². The molecule has 0 radical (unpaired) electrons. The van der Waals surface area contributed by atoms with Gasteiger partial charge in [0.1, 0.15) is 0 Å². The Bertz CT molecular complexity index is 888. The maximum atomic E-state index is 12.3. The van der Waals surface area contributed by atoms with Crippen LogP contribution < -0.4 is 14.8 Å². The zero-order valence-electron chi connectivity index (χ0n) is 11.8. The monoisotopic (exact) mass is 312 g/mol. The summed E-state index contributed by atoms with van der Waals surface area (Å²) in [4.78, 5) is 16.8. The number of rotatable bonds is 2. The Kier molecular flexibility index (Phi) is 2.97. The van der Waals surface area contributed by atoms with E-state index in [4.69, 9.17) is 9.47 Å². The maximum Gasteiger partial charge on any atom is 0.255 e. The van der Waals surface area contributed by atoms with Gasteiger partial charge in [-0.15, -0.1) is 11.3 Å². The van der Waals surface area contributed by atoms with Gasteiger partial charge in [0.2, 0.25) is 6.79 Å². The predicted molar refractivity (Wildman–Crippen MR) is 84.9 cm³/mol. The van der Waals surface area contributed by atoms with E-state index in [-0.39, 0.29) is 12.7 Å². The van der Waals surface area contributed by atoms with Gasteiger partial charge in [-0.1, -0.05) is 0 Å². The number of hydrogen-bond acceptors (Lipinski definition) is 5. The average molecular weight is 312 g/mol. The molecule has 1 amide bonds. The molecule has 110 valence electrons. The number of nitrogens with one attached hydrogen (secondary N) is 1. The smallest absolute Gasteiger partial charge is 0.255 e. The van der Waals surface area contributed by atoms with Crippen LogP contribution in [0.1, 0.15) is 15.4 Å². The third-order valence-corrected chi connectivity index (χ3v) is 4.34. The van der Waals surface area contributed by atoms with E-state index in [2.05, 4.69) is 10.3 Å². The Morgan fingerprint density at radius 2 is 2.05 bits per heavy atom. The Morgan fingerprint density at radius 3 is 2.95 bits per heavy atom. The average Bonchev–Trinajstić information content (AvgIpc) is 3.10. The molecule has 0 fully saturated rings. The number of carbonyl (C=O) groups is 1. The molecule has 4 rings (SSSR count). The van der Waals surface area contributed by atoms with E-state index in [1.807, 2.05) is 25.1 Å². The summed E-state index contributed by atoms with van der Waals surface area (Å²) in [6, 6.07) is 10.9. The Hall–Kier alpha value is -2.60. The van der Waals surface area contributed by atoms with E-state index in [0.29, 0.717) is 17.1 Å². The SMILES string of the molecule is Cc1nc2cc(NC(=O)c3ccc4c(c3)OCO4)ccc2s1. The van der Waals surface area contributed by atoms with Crippen LogP contribution in [0.3, 0.4) is 0 Å². The van der Waals surface area contributed by atoms with Crippen LogP contribution in [-0.2, 0) is 0 Å². The largest absolute Gasteiger partial charge is 0.454 e. The molecule has 1 aliphatic rings. The van der Waals surface area contributed by atoms with E-state index in [1.54, 1.807) is 29.5 Å². The summed E-state index contributed by atoms with van der Waals surface area (Å²) in [7, 11) is 0. The van der Waals surface area contributed by atoms with Crippen molar-refractivity contribution in [3.05, 3.63) is 47.0 Å². The molecule has 1 aliphatic heterocycles. The molecular formula is C16H12N2O3S. The number of nitrogens with zero attached hydrogens (tertiary/aromatic N) is 1. The van der Waals surface area contributed by atoms with Gasteiger partial charge in [-0.2, -0.15) is 0 Å². The highest BCUT2D eigenvalue weighted by Gasteiger charge is 2.16. The quantitative estimate of drug-likeness (QED) is 0.785. The summed E-state index contributed by atoms with van der Waals surface area (Å²) < 4.78 is 11.6. The first-order valence-corrected chi connectivity index (χ1v) is 7.59. The summed E-state index contributed by atoms with van der Waals surface area (Å²) in [6.07, 6.45) is 0. The van der Waals surface area contributed by atoms with Gasteiger partial charge >= 0.3 is 0 Å². The lowest BCUT2D eigenvalue weighted by Crippen LogP contribution is -2.11. The highest BCUT2D eigenvalue weighted by atomic mass is 32.1. The second-order valence-corrected chi connectivity index (χ2v) is 6.17. The summed E-state index contributed by atoms with van der Waals surface area (Å²) in [5.41, 5.74) is 2.14. The predicted octanol–water partition coefficient (Wildman–Crippen LogP) is 3.59. The number of aromatic nitrogens is 1. The maximum absolute atomic E-state index is 12.3. The molecule has 5 nitrogen and oxygen atoms in total. The fourth-order valence-electron chi connectivity index (χ4n) is 2.36. The van der Waals surface area contributed by atoms with Crippen LogP contribution in [0.5, 0.6) is 11.5 Å². The summed E-state index contributed by atoms with van der Waals surface area (Å²) in [5.74, 6) is 1.07. The van der Waals surface area contributed by atoms with Gasteiger partial charge in [0.15, 0.2) is 11.5 Å². The number of anilines is 1. The van der Waals surface area contributed by atoms with Crippen molar-refractivity contribution in [2.24, 2.45) is 0 Å². The number of thiazole rings is 1. The molecule has 3 aromatic rings. The minimum atomic E-state index is -0.190. The van der Waals surface area contributed by atoms with Gasteiger partial charge in [0.05, 0.1) is 15.2 Å². The lowest BCUT2D eigenvalue weighted by Gasteiger charge is -2.06. The minimum Gasteiger partial charge on any atom is -0.454 e. The van der Waals surface area contributed by atoms with E-state index in [9.17, 15) is 4.79 Å². The Balaban J connectivity index is 1.59. The molecule has 0 bridgehead atoms. The van der Waals surface area contributed by atoms with Gasteiger partial charge < -0.3 is 14.8 Å². The van der Waals surface area contributed by atoms with Gasteiger partial charge in [-0.3, -0.25) is 4.79 Å². The molecule has 0 saturated heterocycles. The van der Waals surface area contributed by atoms with Crippen LogP contribution in [0.15, 0.2) is 36.4 Å². The van der Waals surface area contributed by atoms with E-state index in [1.165, 1.54) is 0 Å². The van der Waals surface area contributed by atoms with Gasteiger partial charge in [-0.05, 0) is 43.3 Å². The van der Waals surface area contributed by atoms with Crippen LogP contribution in [0.2, 0.25) is 0 Å². The Labute approximate surface area is 130 Å². The van der Waals surface area contributed by atoms with Crippen molar-refractivity contribution >= 4 is 33.1 Å². The highest BCUT2D eigenvalue weighted by Crippen LogP contribution is 2.32. The first-order valence-electron chi connectivity index (χ1n) is 6.77. The second-order valence-electron chi connectivity index (χ2n) is 4.94. The van der Waals surface area contributed by atoms with E-state index in [0.717, 1.165) is 20.9 Å². The first-order chi connectivity index (χ1) is 10.7. The molecule has 0 saturated carbocycles. The molecule has 2 aromatic carbocycles. The van der Waals surface area contributed by atoms with Crippen LogP contribution in [0.25, 0.3) is 10.2 Å². The molecule has 0 spiro atoms. The van der Waals surface area contributed by atoms with Gasteiger partial charge in [0.25, 0.3) is 5.91 Å². The van der Waals surface area contributed by atoms with Crippen LogP contribution in [-0.4, -0.2) is 17.7 Å². The zero-order valence-corrected chi connectivity index (χ0v) is 12.6. The molecule has 0 unspecified atom stereocenters. The summed E-state index contributed by atoms with van der Waals surface area (Å²) >= 11 is 1.64. The topological polar surface area (TPSA) is 60.5 Å². The van der Waals surface area contributed by atoms with Gasteiger partial charge in [-0.25, -0.2) is 4.98 Å². The van der Waals surface area contributed by atoms with Crippen molar-refractivity contribution in [1.29, 1.82) is 0 Å². The molecule has 22 heavy (non-hydrogen) atoms. The number of amides is 1. The fraction of sp³-hybridized carbons (Fsp3) is 0.125. The van der Waals surface area contributed by atoms with Crippen molar-refractivity contribution in [2.75, 3.05) is 12.1 Å². The van der Waals surface area contributed by atoms with Crippen molar-refractivity contribution in [3.63, 3.8) is 0 Å². The number of fused-ring (bicyclic) bond motifs is 2. The molecule has 0 atom stereocenters. The molecule has 0 aliphatic carbocycles. The lowest BCUT2D eigenvalue weighted by atomic mass is 10.2. The standard InChI is InChI=1S/C16H12N2O3S/c1-9-17-12-7-11(3-5-15(12)22-9)18-16(19)10-2-4-13-14(6-10)21-8-20-13/h2-7H,8H2,1H3,(H,18,19). The number of benzene rings is 2. The molecule has 1 aromatic heterocycles. The second kappa shape index (κ2) is 4.99. The first kappa shape index (κ1) is 13.1. The highest BCUT2D eigenvalue weighted by molar-refractivity contribution is 7.18. The number of aryl methyl sites for hydroxylation is 1. The van der Waals surface area contributed by atoms with Crippen LogP contribution >= 0.6 is 11.3 Å². The van der Waals surface area contributed by atoms with E-state index < -0.39 is 0 Å². The van der Waals surface area contributed by atoms with Gasteiger partial charge in [0, 0.05) is 11.3 Å². The van der Waals surface area contributed by atoms with Crippen molar-refractivity contribution in [2.45, 2.75) is 6.92 Å². The summed E-state index contributed by atoms with van der Waals surface area (Å²) in [5, 5.41) is 3.89. The van der Waals surface area contributed by atoms with Crippen molar-refractivity contribution < 1.29 is 14.3 Å². The minimum absolute atomic E-state index is 0.190. The Morgan fingerprint density at radius 1 is 1.18 bits per heavy atom. The number of ether oxygens (including phenoxy) is 2. The van der Waals surface area contributed by atoms with E-state index >= 15 is 0 Å². The van der Waals surface area contributed by atoms with Crippen LogP contribution in [0.4, 0.5) is 5.69 Å².